The second-order valence-electron chi connectivity index (χ2n) is 4.24. The number of nitrogens with two attached hydrogens (primary N) is 1. The second kappa shape index (κ2) is 7.59. The number of ether oxygens (including phenoxy) is 1. The highest BCUT2D eigenvalue weighted by molar-refractivity contribution is 7.80. The van der Waals surface area contributed by atoms with E-state index in [9.17, 15) is 9.59 Å². The summed E-state index contributed by atoms with van der Waals surface area (Å²) in [4.78, 5) is 24.1. The van der Waals surface area contributed by atoms with Crippen LogP contribution in [0.5, 0.6) is 0 Å². The average Bonchev–Trinajstić information content (AvgIpc) is 2.45. The van der Waals surface area contributed by atoms with Crippen LogP contribution < -0.4 is 11.1 Å². The summed E-state index contributed by atoms with van der Waals surface area (Å²) in [6, 6.07) is 8.00. The molecule has 0 aliphatic heterocycles. The molecule has 3 N–H and O–H groups in total. The van der Waals surface area contributed by atoms with Gasteiger partial charge < -0.3 is 15.8 Å². The first-order chi connectivity index (χ1) is 9.51. The molecule has 1 amide bonds. The first-order valence-electron chi connectivity index (χ1n) is 6.23. The fourth-order valence-electron chi connectivity index (χ4n) is 1.80. The predicted octanol–water partition coefficient (Wildman–Crippen LogP) is 1.33. The molecule has 0 aromatic heterocycles. The zero-order valence-corrected chi connectivity index (χ0v) is 12.3. The molecular formula is C14H18N2O3S. The van der Waals surface area contributed by atoms with E-state index >= 15 is 0 Å². The van der Waals surface area contributed by atoms with Gasteiger partial charge >= 0.3 is 5.97 Å². The maximum Gasteiger partial charge on any atom is 0.333 e. The Kier molecular flexibility index (Phi) is 6.11. The Labute approximate surface area is 123 Å². The van der Waals surface area contributed by atoms with Crippen molar-refractivity contribution in [3.8, 4) is 0 Å². The number of hydrogen-bond acceptors (Lipinski definition) is 4. The lowest BCUT2D eigenvalue weighted by Gasteiger charge is -2.20. The highest BCUT2D eigenvalue weighted by atomic mass is 32.1. The SMILES string of the molecule is CCC(C(=O)NC(C(=O)OC)c1ccccc1)C(N)=S. The van der Waals surface area contributed by atoms with E-state index in [0.29, 0.717) is 12.0 Å². The fourth-order valence-corrected chi connectivity index (χ4v) is 2.07. The van der Waals surface area contributed by atoms with E-state index in [1.165, 1.54) is 7.11 Å². The van der Waals surface area contributed by atoms with Gasteiger partial charge in [0.1, 0.15) is 0 Å². The number of thiocarbonyl (C=S) groups is 1. The molecule has 1 rings (SSSR count). The molecule has 0 spiro atoms. The maximum atomic E-state index is 12.1. The van der Waals surface area contributed by atoms with Crippen LogP contribution in [-0.2, 0) is 14.3 Å². The van der Waals surface area contributed by atoms with Gasteiger partial charge in [-0.2, -0.15) is 0 Å². The monoisotopic (exact) mass is 294 g/mol. The summed E-state index contributed by atoms with van der Waals surface area (Å²) in [6.45, 7) is 1.80. The first kappa shape index (κ1) is 16.1. The van der Waals surface area contributed by atoms with Crippen LogP contribution in [0.25, 0.3) is 0 Å². The molecule has 0 bridgehead atoms. The third-order valence-corrected chi connectivity index (χ3v) is 3.21. The Morgan fingerprint density at radius 1 is 1.35 bits per heavy atom. The van der Waals surface area contributed by atoms with E-state index in [1.54, 1.807) is 31.2 Å². The van der Waals surface area contributed by atoms with Crippen LogP contribution in [0.2, 0.25) is 0 Å². The van der Waals surface area contributed by atoms with Gasteiger partial charge in [0.05, 0.1) is 18.0 Å². The minimum absolute atomic E-state index is 0.113. The molecule has 1 aromatic carbocycles. The van der Waals surface area contributed by atoms with Gasteiger partial charge in [-0.25, -0.2) is 4.79 Å². The smallest absolute Gasteiger partial charge is 0.333 e. The Balaban J connectivity index is 2.94. The van der Waals surface area contributed by atoms with Gasteiger partial charge in [0.2, 0.25) is 5.91 Å². The van der Waals surface area contributed by atoms with Crippen LogP contribution in [0.1, 0.15) is 24.9 Å². The topological polar surface area (TPSA) is 81.4 Å². The lowest BCUT2D eigenvalue weighted by atomic mass is 10.0. The largest absolute Gasteiger partial charge is 0.467 e. The number of rotatable bonds is 6. The summed E-state index contributed by atoms with van der Waals surface area (Å²) >= 11 is 4.86. The third kappa shape index (κ3) is 4.03. The predicted molar refractivity (Wildman–Crippen MR) is 79.9 cm³/mol. The van der Waals surface area contributed by atoms with Crippen LogP contribution in [-0.4, -0.2) is 24.0 Å². The molecule has 0 aliphatic rings. The normalized spacial score (nSPS) is 13.1. The highest BCUT2D eigenvalue weighted by Gasteiger charge is 2.27. The average molecular weight is 294 g/mol. The number of esters is 1. The molecule has 20 heavy (non-hydrogen) atoms. The van der Waals surface area contributed by atoms with E-state index in [0.717, 1.165) is 0 Å². The van der Waals surface area contributed by atoms with Gasteiger partial charge in [-0.05, 0) is 12.0 Å². The Morgan fingerprint density at radius 2 is 1.95 bits per heavy atom. The molecule has 0 saturated carbocycles. The van der Waals surface area contributed by atoms with Gasteiger partial charge in [0, 0.05) is 0 Å². The van der Waals surface area contributed by atoms with Crippen LogP contribution in [0.3, 0.4) is 0 Å². The molecule has 1 aromatic rings. The quantitative estimate of drug-likeness (QED) is 0.611. The van der Waals surface area contributed by atoms with Crippen molar-refractivity contribution < 1.29 is 14.3 Å². The van der Waals surface area contributed by atoms with Gasteiger partial charge in [-0.15, -0.1) is 0 Å². The van der Waals surface area contributed by atoms with Crippen molar-refractivity contribution in [3.05, 3.63) is 35.9 Å². The Bertz CT molecular complexity index is 490. The number of amides is 1. The number of carbonyl (C=O) groups is 2. The van der Waals surface area contributed by atoms with Crippen LogP contribution in [0.4, 0.5) is 0 Å². The highest BCUT2D eigenvalue weighted by Crippen LogP contribution is 2.16. The molecule has 0 radical (unpaired) electrons. The minimum atomic E-state index is -0.864. The van der Waals surface area contributed by atoms with Crippen molar-refractivity contribution in [2.24, 2.45) is 11.7 Å². The molecule has 108 valence electrons. The minimum Gasteiger partial charge on any atom is -0.467 e. The zero-order chi connectivity index (χ0) is 15.1. The van der Waals surface area contributed by atoms with E-state index in [-0.39, 0.29) is 10.9 Å². The molecule has 0 fully saturated rings. The molecule has 5 nitrogen and oxygen atoms in total. The molecule has 2 unspecified atom stereocenters. The summed E-state index contributed by atoms with van der Waals surface area (Å²) in [5.74, 6) is -1.51. The number of benzene rings is 1. The van der Waals surface area contributed by atoms with Crippen molar-refractivity contribution in [1.82, 2.24) is 5.32 Å². The van der Waals surface area contributed by atoms with Gasteiger partial charge in [0.15, 0.2) is 6.04 Å². The van der Waals surface area contributed by atoms with Crippen molar-refractivity contribution >= 4 is 29.1 Å². The van der Waals surface area contributed by atoms with E-state index in [2.05, 4.69) is 5.32 Å². The van der Waals surface area contributed by atoms with E-state index in [1.807, 2.05) is 6.07 Å². The number of hydrogen-bond donors (Lipinski definition) is 2. The van der Waals surface area contributed by atoms with E-state index < -0.39 is 17.9 Å². The van der Waals surface area contributed by atoms with Crippen molar-refractivity contribution in [1.29, 1.82) is 0 Å². The van der Waals surface area contributed by atoms with Crippen LogP contribution in [0.15, 0.2) is 30.3 Å². The molecular weight excluding hydrogens is 276 g/mol. The molecule has 6 heteroatoms. The Morgan fingerprint density at radius 3 is 2.40 bits per heavy atom. The standard InChI is InChI=1S/C14H18N2O3S/c1-3-10(12(15)20)13(17)16-11(14(18)19-2)9-7-5-4-6-8-9/h4-8,10-11H,3H2,1-2H3,(H2,15,20)(H,16,17). The van der Waals surface area contributed by atoms with Gasteiger partial charge in [-0.3, -0.25) is 4.79 Å². The summed E-state index contributed by atoms with van der Waals surface area (Å²) in [5.41, 5.74) is 6.17. The number of nitrogens with one attached hydrogen (secondary N) is 1. The Hall–Kier alpha value is -1.95. The summed E-state index contributed by atoms with van der Waals surface area (Å²) in [7, 11) is 1.27. The van der Waals surface area contributed by atoms with Gasteiger partial charge in [0.25, 0.3) is 0 Å². The summed E-state index contributed by atoms with van der Waals surface area (Å²) in [6.07, 6.45) is 0.476. The number of methoxy groups -OCH3 is 1. The molecule has 0 heterocycles. The summed E-state index contributed by atoms with van der Waals surface area (Å²) in [5, 5.41) is 2.64. The lowest BCUT2D eigenvalue weighted by Crippen LogP contribution is -2.42. The third-order valence-electron chi connectivity index (χ3n) is 2.92. The second-order valence-corrected chi connectivity index (χ2v) is 4.71. The van der Waals surface area contributed by atoms with Crippen molar-refractivity contribution in [2.45, 2.75) is 19.4 Å². The first-order valence-corrected chi connectivity index (χ1v) is 6.64. The fraction of sp³-hybridized carbons (Fsp3) is 0.357. The maximum absolute atomic E-state index is 12.1. The van der Waals surface area contributed by atoms with E-state index in [4.69, 9.17) is 22.7 Å². The lowest BCUT2D eigenvalue weighted by molar-refractivity contribution is -0.145. The molecule has 0 aliphatic carbocycles. The van der Waals surface area contributed by atoms with Crippen molar-refractivity contribution in [3.63, 3.8) is 0 Å². The molecule has 2 atom stereocenters. The molecule has 0 saturated heterocycles. The van der Waals surface area contributed by atoms with Gasteiger partial charge in [-0.1, -0.05) is 49.5 Å². The summed E-state index contributed by atoms with van der Waals surface area (Å²) < 4.78 is 4.72. The zero-order valence-electron chi connectivity index (χ0n) is 11.5. The van der Waals surface area contributed by atoms with Crippen LogP contribution in [0, 0.1) is 5.92 Å². The van der Waals surface area contributed by atoms with Crippen molar-refractivity contribution in [2.75, 3.05) is 7.11 Å². The van der Waals surface area contributed by atoms with Crippen LogP contribution >= 0.6 is 12.2 Å². The number of carbonyl (C=O) groups excluding carboxylic acids is 2.